The summed E-state index contributed by atoms with van der Waals surface area (Å²) in [5.41, 5.74) is 0.0709. The summed E-state index contributed by atoms with van der Waals surface area (Å²) >= 11 is 0. The van der Waals surface area contributed by atoms with Gasteiger partial charge in [0.1, 0.15) is 5.78 Å². The number of carbonyl (C=O) groups is 1. The summed E-state index contributed by atoms with van der Waals surface area (Å²) in [6, 6.07) is 0. The summed E-state index contributed by atoms with van der Waals surface area (Å²) in [5.74, 6) is 0.424. The van der Waals surface area contributed by atoms with Crippen molar-refractivity contribution in [3.8, 4) is 0 Å². The van der Waals surface area contributed by atoms with E-state index >= 15 is 0 Å². The lowest BCUT2D eigenvalue weighted by atomic mass is 9.70. The number of hydrogen-bond donors (Lipinski definition) is 0. The third-order valence-electron chi connectivity index (χ3n) is 4.93. The van der Waals surface area contributed by atoms with E-state index in [9.17, 15) is 4.79 Å². The van der Waals surface area contributed by atoms with Crippen molar-refractivity contribution in [2.75, 3.05) is 13.2 Å². The van der Waals surface area contributed by atoms with E-state index in [0.29, 0.717) is 24.9 Å². The van der Waals surface area contributed by atoms with Crippen LogP contribution in [-0.2, 0) is 14.3 Å². The van der Waals surface area contributed by atoms with Gasteiger partial charge in [0.15, 0.2) is 5.79 Å². The molecular formula is C16H28O3. The van der Waals surface area contributed by atoms with Crippen molar-refractivity contribution < 1.29 is 14.3 Å². The first-order valence-corrected chi connectivity index (χ1v) is 7.56. The molecule has 1 aliphatic heterocycles. The van der Waals surface area contributed by atoms with E-state index in [1.54, 1.807) is 0 Å². The molecule has 1 saturated carbocycles. The summed E-state index contributed by atoms with van der Waals surface area (Å²) in [4.78, 5) is 12.2. The van der Waals surface area contributed by atoms with Crippen LogP contribution in [0.15, 0.2) is 0 Å². The van der Waals surface area contributed by atoms with Crippen molar-refractivity contribution in [1.82, 2.24) is 0 Å². The number of rotatable bonds is 2. The summed E-state index contributed by atoms with van der Waals surface area (Å²) in [5, 5.41) is 0. The van der Waals surface area contributed by atoms with Crippen LogP contribution in [0.1, 0.15) is 53.9 Å². The second kappa shape index (κ2) is 5.17. The van der Waals surface area contributed by atoms with Crippen LogP contribution in [0.4, 0.5) is 0 Å². The minimum Gasteiger partial charge on any atom is -0.349 e. The highest BCUT2D eigenvalue weighted by molar-refractivity contribution is 5.82. The minimum atomic E-state index is -0.610. The Balaban J connectivity index is 2.10. The second-order valence-electron chi connectivity index (χ2n) is 7.41. The molecule has 1 heterocycles. The molecule has 2 rings (SSSR count). The number of Topliss-reactive ketones (excluding diaryl/α,β-unsaturated/α-hetero) is 1. The topological polar surface area (TPSA) is 35.5 Å². The average Bonchev–Trinajstić information content (AvgIpc) is 2.33. The molecule has 3 heteroatoms. The molecule has 1 saturated heterocycles. The maximum atomic E-state index is 12.2. The molecule has 0 spiro atoms. The highest BCUT2D eigenvalue weighted by Gasteiger charge is 2.47. The van der Waals surface area contributed by atoms with Crippen molar-refractivity contribution in [2.45, 2.75) is 59.7 Å². The monoisotopic (exact) mass is 268 g/mol. The van der Waals surface area contributed by atoms with Gasteiger partial charge < -0.3 is 9.47 Å². The Morgan fingerprint density at radius 2 is 1.79 bits per heavy atom. The van der Waals surface area contributed by atoms with Gasteiger partial charge in [0.05, 0.1) is 13.2 Å². The first-order valence-electron chi connectivity index (χ1n) is 7.56. The van der Waals surface area contributed by atoms with Crippen LogP contribution >= 0.6 is 0 Å². The van der Waals surface area contributed by atoms with Crippen LogP contribution in [0.3, 0.4) is 0 Å². The number of ketones is 1. The van der Waals surface area contributed by atoms with Gasteiger partial charge in [-0.15, -0.1) is 0 Å². The molecule has 19 heavy (non-hydrogen) atoms. The van der Waals surface area contributed by atoms with Crippen molar-refractivity contribution in [2.24, 2.45) is 23.2 Å². The molecular weight excluding hydrogens is 240 g/mol. The predicted molar refractivity (Wildman–Crippen MR) is 74.8 cm³/mol. The van der Waals surface area contributed by atoms with Crippen molar-refractivity contribution in [3.63, 3.8) is 0 Å². The summed E-state index contributed by atoms with van der Waals surface area (Å²) in [6.07, 6.45) is 2.90. The van der Waals surface area contributed by atoms with E-state index in [4.69, 9.17) is 9.47 Å². The van der Waals surface area contributed by atoms with Crippen molar-refractivity contribution in [1.29, 1.82) is 0 Å². The molecule has 0 radical (unpaired) electrons. The van der Waals surface area contributed by atoms with Crippen LogP contribution < -0.4 is 0 Å². The molecule has 3 unspecified atom stereocenters. The van der Waals surface area contributed by atoms with E-state index in [-0.39, 0.29) is 17.3 Å². The largest absolute Gasteiger partial charge is 0.349 e. The lowest BCUT2D eigenvalue weighted by molar-refractivity contribution is -0.317. The fourth-order valence-electron chi connectivity index (χ4n) is 3.38. The van der Waals surface area contributed by atoms with E-state index in [1.165, 1.54) is 0 Å². The van der Waals surface area contributed by atoms with Gasteiger partial charge >= 0.3 is 0 Å². The third-order valence-corrected chi connectivity index (χ3v) is 4.93. The molecule has 0 aromatic carbocycles. The van der Waals surface area contributed by atoms with E-state index in [1.807, 2.05) is 6.92 Å². The van der Waals surface area contributed by atoms with Gasteiger partial charge in [-0.3, -0.25) is 4.79 Å². The molecule has 3 nitrogen and oxygen atoms in total. The lowest BCUT2D eigenvalue weighted by Crippen LogP contribution is -2.53. The predicted octanol–water partition coefficient (Wildman–Crippen LogP) is 3.42. The number of ether oxygens (including phenoxy) is 2. The Bertz CT molecular complexity index is 338. The van der Waals surface area contributed by atoms with Gasteiger partial charge in [0.25, 0.3) is 0 Å². The van der Waals surface area contributed by atoms with Crippen LogP contribution in [0.25, 0.3) is 0 Å². The maximum absolute atomic E-state index is 12.2. The molecule has 0 N–H and O–H groups in total. The van der Waals surface area contributed by atoms with E-state index in [2.05, 4.69) is 27.7 Å². The van der Waals surface area contributed by atoms with Crippen LogP contribution in [-0.4, -0.2) is 24.8 Å². The average molecular weight is 268 g/mol. The Morgan fingerprint density at radius 3 is 2.32 bits per heavy atom. The lowest BCUT2D eigenvalue weighted by Gasteiger charge is -2.48. The molecule has 110 valence electrons. The van der Waals surface area contributed by atoms with Gasteiger partial charge in [-0.05, 0) is 25.7 Å². The van der Waals surface area contributed by atoms with Gasteiger partial charge in [0.2, 0.25) is 0 Å². The van der Waals surface area contributed by atoms with Gasteiger partial charge in [-0.1, -0.05) is 27.7 Å². The highest BCUT2D eigenvalue weighted by atomic mass is 16.7. The zero-order chi connectivity index (χ0) is 14.3. The van der Waals surface area contributed by atoms with Crippen molar-refractivity contribution in [3.05, 3.63) is 0 Å². The summed E-state index contributed by atoms with van der Waals surface area (Å²) < 4.78 is 12.0. The van der Waals surface area contributed by atoms with Crippen molar-refractivity contribution >= 4 is 5.78 Å². The molecule has 0 aromatic rings. The highest BCUT2D eigenvalue weighted by Crippen LogP contribution is 2.42. The molecule has 2 aliphatic rings. The first kappa shape index (κ1) is 15.0. The third kappa shape index (κ3) is 3.03. The van der Waals surface area contributed by atoms with E-state index < -0.39 is 5.79 Å². The maximum Gasteiger partial charge on any atom is 0.168 e. The van der Waals surface area contributed by atoms with Gasteiger partial charge in [0, 0.05) is 23.7 Å². The molecule has 0 aromatic heterocycles. The molecule has 2 fully saturated rings. The zero-order valence-electron chi connectivity index (χ0n) is 13.0. The van der Waals surface area contributed by atoms with Gasteiger partial charge in [-0.2, -0.15) is 0 Å². The Morgan fingerprint density at radius 1 is 1.21 bits per heavy atom. The summed E-state index contributed by atoms with van der Waals surface area (Å²) in [7, 11) is 0. The fraction of sp³-hybridized carbons (Fsp3) is 0.938. The quantitative estimate of drug-likeness (QED) is 0.770. The number of carbonyl (C=O) groups excluding carboxylic acids is 1. The minimum absolute atomic E-state index is 0.0709. The number of hydrogen-bond acceptors (Lipinski definition) is 3. The molecule has 0 bridgehead atoms. The fourth-order valence-corrected chi connectivity index (χ4v) is 3.38. The van der Waals surface area contributed by atoms with Crippen LogP contribution in [0.5, 0.6) is 0 Å². The van der Waals surface area contributed by atoms with Gasteiger partial charge in [-0.25, -0.2) is 0 Å². The zero-order valence-corrected chi connectivity index (χ0v) is 13.0. The molecule has 1 aliphatic carbocycles. The van der Waals surface area contributed by atoms with Crippen LogP contribution in [0.2, 0.25) is 0 Å². The standard InChI is InChI=1S/C16H28O3/c1-11-7-6-8-13(17)14(11)12(2)16(5)18-9-15(3,4)10-19-16/h11-12,14H,6-10H2,1-5H3. The molecule has 0 amide bonds. The SMILES string of the molecule is CC1CCCC(=O)C1C(C)C1(C)OCC(C)(C)CO1. The Hall–Kier alpha value is -0.410. The van der Waals surface area contributed by atoms with E-state index in [0.717, 1.165) is 19.3 Å². The second-order valence-corrected chi connectivity index (χ2v) is 7.41. The van der Waals surface area contributed by atoms with Crippen LogP contribution in [0, 0.1) is 23.2 Å². The smallest absolute Gasteiger partial charge is 0.168 e. The normalized spacial score (nSPS) is 35.9. The Kier molecular flexibility index (Phi) is 4.08. The first-order chi connectivity index (χ1) is 8.75. The summed E-state index contributed by atoms with van der Waals surface area (Å²) in [6.45, 7) is 12.0. The molecule has 3 atom stereocenters. The Labute approximate surface area is 117 Å².